The lowest BCUT2D eigenvalue weighted by Crippen LogP contribution is -2.41. The van der Waals surface area contributed by atoms with Crippen molar-refractivity contribution in [2.75, 3.05) is 13.2 Å². The first-order chi connectivity index (χ1) is 6.77. The number of morpholine rings is 1. The molecule has 1 heterocycles. The molecular weight excluding hydrogens is 174 g/mol. The zero-order valence-electron chi connectivity index (χ0n) is 8.79. The van der Waals surface area contributed by atoms with Gasteiger partial charge in [-0.05, 0) is 19.4 Å². The van der Waals surface area contributed by atoms with Gasteiger partial charge in [0.1, 0.15) is 0 Å². The molecule has 0 bridgehead atoms. The molecule has 0 aromatic heterocycles. The number of benzene rings is 1. The van der Waals surface area contributed by atoms with E-state index in [1.165, 1.54) is 11.1 Å². The third kappa shape index (κ3) is 1.97. The van der Waals surface area contributed by atoms with E-state index in [1.54, 1.807) is 0 Å². The number of hydrogen-bond donors (Lipinski definition) is 1. The van der Waals surface area contributed by atoms with Crippen LogP contribution in [0.2, 0.25) is 0 Å². The van der Waals surface area contributed by atoms with Crippen LogP contribution in [0.1, 0.15) is 24.2 Å². The maximum absolute atomic E-state index is 5.77. The van der Waals surface area contributed by atoms with Gasteiger partial charge in [-0.1, -0.05) is 29.8 Å². The molecular formula is C12H17NO. The standard InChI is InChI=1S/C12H17NO/c1-9-4-3-5-11(8-9)12-10(2)13-6-7-14-12/h3-5,8,10,12-13H,6-7H2,1-2H3. The summed E-state index contributed by atoms with van der Waals surface area (Å²) in [5.41, 5.74) is 2.58. The number of rotatable bonds is 1. The Labute approximate surface area is 85.3 Å². The van der Waals surface area contributed by atoms with Crippen molar-refractivity contribution in [3.05, 3.63) is 35.4 Å². The smallest absolute Gasteiger partial charge is 0.0975 e. The van der Waals surface area contributed by atoms with E-state index in [0.29, 0.717) is 6.04 Å². The van der Waals surface area contributed by atoms with E-state index in [-0.39, 0.29) is 6.10 Å². The Morgan fingerprint density at radius 1 is 1.43 bits per heavy atom. The van der Waals surface area contributed by atoms with Crippen LogP contribution in [0.25, 0.3) is 0 Å². The first-order valence-electron chi connectivity index (χ1n) is 5.19. The second kappa shape index (κ2) is 4.11. The normalized spacial score (nSPS) is 27.6. The summed E-state index contributed by atoms with van der Waals surface area (Å²) in [5.74, 6) is 0. The van der Waals surface area contributed by atoms with Gasteiger partial charge >= 0.3 is 0 Å². The average molecular weight is 191 g/mol. The van der Waals surface area contributed by atoms with Crippen molar-refractivity contribution in [1.82, 2.24) is 5.32 Å². The van der Waals surface area contributed by atoms with Crippen LogP contribution in [0.4, 0.5) is 0 Å². The summed E-state index contributed by atoms with van der Waals surface area (Å²) >= 11 is 0. The molecule has 0 aliphatic carbocycles. The van der Waals surface area contributed by atoms with E-state index in [0.717, 1.165) is 13.2 Å². The van der Waals surface area contributed by atoms with E-state index < -0.39 is 0 Å². The molecule has 2 heteroatoms. The second-order valence-corrected chi connectivity index (χ2v) is 3.95. The van der Waals surface area contributed by atoms with Crippen LogP contribution in [0.5, 0.6) is 0 Å². The Kier molecular flexibility index (Phi) is 2.85. The number of hydrogen-bond acceptors (Lipinski definition) is 2. The Bertz CT molecular complexity index is 311. The molecule has 1 aliphatic rings. The van der Waals surface area contributed by atoms with Gasteiger partial charge in [0.2, 0.25) is 0 Å². The highest BCUT2D eigenvalue weighted by atomic mass is 16.5. The lowest BCUT2D eigenvalue weighted by molar-refractivity contribution is -0.000250. The maximum Gasteiger partial charge on any atom is 0.0975 e. The molecule has 2 unspecified atom stereocenters. The fourth-order valence-electron chi connectivity index (χ4n) is 1.96. The van der Waals surface area contributed by atoms with Gasteiger partial charge in [-0.2, -0.15) is 0 Å². The van der Waals surface area contributed by atoms with Crippen LogP contribution in [-0.4, -0.2) is 19.2 Å². The van der Waals surface area contributed by atoms with Gasteiger partial charge in [0, 0.05) is 12.6 Å². The van der Waals surface area contributed by atoms with E-state index in [4.69, 9.17) is 4.74 Å². The van der Waals surface area contributed by atoms with Gasteiger partial charge in [-0.15, -0.1) is 0 Å². The van der Waals surface area contributed by atoms with Crippen LogP contribution >= 0.6 is 0 Å². The van der Waals surface area contributed by atoms with Gasteiger partial charge in [-0.3, -0.25) is 0 Å². The van der Waals surface area contributed by atoms with E-state index in [9.17, 15) is 0 Å². The summed E-state index contributed by atoms with van der Waals surface area (Å²) in [6.07, 6.45) is 0.212. The highest BCUT2D eigenvalue weighted by Crippen LogP contribution is 2.23. The third-order valence-corrected chi connectivity index (χ3v) is 2.69. The highest BCUT2D eigenvalue weighted by Gasteiger charge is 2.22. The topological polar surface area (TPSA) is 21.3 Å². The van der Waals surface area contributed by atoms with Crippen molar-refractivity contribution in [2.24, 2.45) is 0 Å². The van der Waals surface area contributed by atoms with Crippen molar-refractivity contribution < 1.29 is 4.74 Å². The van der Waals surface area contributed by atoms with Crippen LogP contribution < -0.4 is 5.32 Å². The van der Waals surface area contributed by atoms with E-state index >= 15 is 0 Å². The summed E-state index contributed by atoms with van der Waals surface area (Å²) < 4.78 is 5.77. The molecule has 0 amide bonds. The monoisotopic (exact) mass is 191 g/mol. The van der Waals surface area contributed by atoms with Gasteiger partial charge in [0.25, 0.3) is 0 Å². The molecule has 2 atom stereocenters. The van der Waals surface area contributed by atoms with Gasteiger partial charge in [-0.25, -0.2) is 0 Å². The minimum Gasteiger partial charge on any atom is -0.371 e. The minimum absolute atomic E-state index is 0.212. The lowest BCUT2D eigenvalue weighted by atomic mass is 10.0. The first-order valence-corrected chi connectivity index (χ1v) is 5.19. The van der Waals surface area contributed by atoms with Gasteiger partial charge < -0.3 is 10.1 Å². The van der Waals surface area contributed by atoms with Crippen LogP contribution in [-0.2, 0) is 4.74 Å². The van der Waals surface area contributed by atoms with Crippen LogP contribution in [0.15, 0.2) is 24.3 Å². The van der Waals surface area contributed by atoms with Crippen LogP contribution in [0, 0.1) is 6.92 Å². The molecule has 14 heavy (non-hydrogen) atoms. The number of nitrogens with one attached hydrogen (secondary N) is 1. The first kappa shape index (κ1) is 9.69. The van der Waals surface area contributed by atoms with Crippen molar-refractivity contribution >= 4 is 0 Å². The quantitative estimate of drug-likeness (QED) is 0.733. The second-order valence-electron chi connectivity index (χ2n) is 3.95. The van der Waals surface area contributed by atoms with E-state index in [1.807, 2.05) is 0 Å². The predicted octanol–water partition coefficient (Wildman–Crippen LogP) is 2.04. The summed E-state index contributed by atoms with van der Waals surface area (Å²) in [5, 5.41) is 3.42. The summed E-state index contributed by atoms with van der Waals surface area (Å²) in [6, 6.07) is 8.96. The number of ether oxygens (including phenoxy) is 1. The fourth-order valence-corrected chi connectivity index (χ4v) is 1.96. The molecule has 0 saturated carbocycles. The molecule has 1 saturated heterocycles. The van der Waals surface area contributed by atoms with Crippen LogP contribution in [0.3, 0.4) is 0 Å². The molecule has 1 aliphatic heterocycles. The summed E-state index contributed by atoms with van der Waals surface area (Å²) in [7, 11) is 0. The Morgan fingerprint density at radius 2 is 2.29 bits per heavy atom. The maximum atomic E-state index is 5.77. The summed E-state index contributed by atoms with van der Waals surface area (Å²) in [4.78, 5) is 0. The van der Waals surface area contributed by atoms with Gasteiger partial charge in [0.15, 0.2) is 0 Å². The highest BCUT2D eigenvalue weighted by molar-refractivity contribution is 5.25. The Hall–Kier alpha value is -0.860. The molecule has 0 spiro atoms. The summed E-state index contributed by atoms with van der Waals surface area (Å²) in [6.45, 7) is 6.06. The SMILES string of the molecule is Cc1cccc(C2OCCNC2C)c1. The van der Waals surface area contributed by atoms with Crippen molar-refractivity contribution in [2.45, 2.75) is 26.0 Å². The zero-order chi connectivity index (χ0) is 9.97. The average Bonchev–Trinajstić information content (AvgIpc) is 2.18. The molecule has 1 aromatic rings. The lowest BCUT2D eigenvalue weighted by Gasteiger charge is -2.30. The van der Waals surface area contributed by atoms with Crippen molar-refractivity contribution in [1.29, 1.82) is 0 Å². The molecule has 2 nitrogen and oxygen atoms in total. The van der Waals surface area contributed by atoms with Crippen molar-refractivity contribution in [3.8, 4) is 0 Å². The van der Waals surface area contributed by atoms with E-state index in [2.05, 4.69) is 43.4 Å². The third-order valence-electron chi connectivity index (χ3n) is 2.69. The van der Waals surface area contributed by atoms with Gasteiger partial charge in [0.05, 0.1) is 12.7 Å². The molecule has 1 aromatic carbocycles. The number of aryl methyl sites for hydroxylation is 1. The molecule has 0 radical (unpaired) electrons. The zero-order valence-corrected chi connectivity index (χ0v) is 8.79. The minimum atomic E-state index is 0.212. The Balaban J connectivity index is 2.20. The Morgan fingerprint density at radius 3 is 3.00 bits per heavy atom. The fraction of sp³-hybridized carbons (Fsp3) is 0.500. The molecule has 1 N–H and O–H groups in total. The molecule has 2 rings (SSSR count). The molecule has 1 fully saturated rings. The largest absolute Gasteiger partial charge is 0.371 e. The molecule has 76 valence electrons. The predicted molar refractivity (Wildman–Crippen MR) is 57.3 cm³/mol. The van der Waals surface area contributed by atoms with Crippen molar-refractivity contribution in [3.63, 3.8) is 0 Å².